The lowest BCUT2D eigenvalue weighted by Gasteiger charge is -2.13. The summed E-state index contributed by atoms with van der Waals surface area (Å²) in [4.78, 5) is 13.1. The molecule has 3 N–H and O–H groups in total. The maximum Gasteiger partial charge on any atom is 0.237 e. The molecule has 1 aliphatic heterocycles. The summed E-state index contributed by atoms with van der Waals surface area (Å²) in [5.74, 6) is -0.0378. The summed E-state index contributed by atoms with van der Waals surface area (Å²) in [5, 5.41) is 15.3. The number of hydrogen-bond donors (Lipinski definition) is 3. The Morgan fingerprint density at radius 3 is 2.90 bits per heavy atom. The lowest BCUT2D eigenvalue weighted by molar-refractivity contribution is -0.123. The van der Waals surface area contributed by atoms with Crippen molar-refractivity contribution in [1.29, 1.82) is 0 Å². The minimum atomic E-state index is -0.406. The van der Waals surface area contributed by atoms with Crippen molar-refractivity contribution < 1.29 is 9.90 Å². The zero-order valence-corrected chi connectivity index (χ0v) is 13.3. The van der Waals surface area contributed by atoms with Gasteiger partial charge in [0.15, 0.2) is 0 Å². The van der Waals surface area contributed by atoms with E-state index < -0.39 is 6.10 Å². The molecule has 2 unspecified atom stereocenters. The van der Waals surface area contributed by atoms with E-state index in [0.29, 0.717) is 19.5 Å². The maximum atomic E-state index is 11.9. The smallest absolute Gasteiger partial charge is 0.237 e. The van der Waals surface area contributed by atoms with Crippen LogP contribution in [0.25, 0.3) is 0 Å². The quantitative estimate of drug-likeness (QED) is 0.736. The van der Waals surface area contributed by atoms with Crippen LogP contribution in [0.4, 0.5) is 0 Å². The zero-order valence-electron chi connectivity index (χ0n) is 11.7. The lowest BCUT2D eigenvalue weighted by atomic mass is 10.1. The summed E-state index contributed by atoms with van der Waals surface area (Å²) in [5.41, 5.74) is 2.35. The summed E-state index contributed by atoms with van der Waals surface area (Å²) in [6, 6.07) is 5.97. The van der Waals surface area contributed by atoms with Crippen molar-refractivity contribution in [3.63, 3.8) is 0 Å². The van der Waals surface area contributed by atoms with E-state index in [-0.39, 0.29) is 24.4 Å². The second kappa shape index (κ2) is 7.88. The standard InChI is InChI=1S/C14H20N2O2S.ClH/c1-9-3-4-10(13(5-9)19-2)7-16-14(18)12-6-11(17)8-15-12;/h3-5,11-12,15,17H,6-8H2,1-2H3,(H,16,18);1H. The number of hydrogen-bond acceptors (Lipinski definition) is 4. The van der Waals surface area contributed by atoms with Gasteiger partial charge in [-0.2, -0.15) is 0 Å². The molecule has 2 atom stereocenters. The maximum absolute atomic E-state index is 11.9. The first-order chi connectivity index (χ1) is 9.10. The van der Waals surface area contributed by atoms with E-state index in [2.05, 4.69) is 35.8 Å². The number of benzene rings is 1. The summed E-state index contributed by atoms with van der Waals surface area (Å²) < 4.78 is 0. The molecule has 0 bridgehead atoms. The zero-order chi connectivity index (χ0) is 13.8. The molecule has 4 nitrogen and oxygen atoms in total. The van der Waals surface area contributed by atoms with Gasteiger partial charge < -0.3 is 15.7 Å². The Bertz CT molecular complexity index is 470. The summed E-state index contributed by atoms with van der Waals surface area (Å²) in [7, 11) is 0. The Morgan fingerprint density at radius 1 is 1.55 bits per heavy atom. The number of aliphatic hydroxyl groups is 1. The second-order valence-corrected chi connectivity index (χ2v) is 5.73. The van der Waals surface area contributed by atoms with Crippen LogP contribution < -0.4 is 10.6 Å². The van der Waals surface area contributed by atoms with Crippen LogP contribution in [0.1, 0.15) is 17.5 Å². The highest BCUT2D eigenvalue weighted by Crippen LogP contribution is 2.21. The summed E-state index contributed by atoms with van der Waals surface area (Å²) >= 11 is 1.69. The number of halogens is 1. The number of nitrogens with one attached hydrogen (secondary N) is 2. The molecule has 112 valence electrons. The average Bonchev–Trinajstić information content (AvgIpc) is 2.83. The number of aliphatic hydroxyl groups excluding tert-OH is 1. The van der Waals surface area contributed by atoms with Crippen molar-refractivity contribution in [2.45, 2.75) is 36.9 Å². The largest absolute Gasteiger partial charge is 0.392 e. The van der Waals surface area contributed by atoms with E-state index in [0.717, 1.165) is 5.56 Å². The third-order valence-corrected chi connectivity index (χ3v) is 4.14. The number of β-amino-alcohol motifs (C(OH)–C–C–N with tert-alkyl or cyclic N) is 1. The molecule has 1 heterocycles. The van der Waals surface area contributed by atoms with E-state index >= 15 is 0 Å². The van der Waals surface area contributed by atoms with E-state index in [1.165, 1.54) is 10.5 Å². The molecule has 1 saturated heterocycles. The molecule has 2 rings (SSSR count). The van der Waals surface area contributed by atoms with Crippen molar-refractivity contribution in [2.24, 2.45) is 0 Å². The molecule has 1 amide bonds. The Kier molecular flexibility index (Phi) is 6.82. The van der Waals surface area contributed by atoms with Crippen LogP contribution in [0.15, 0.2) is 23.1 Å². The fourth-order valence-corrected chi connectivity index (χ4v) is 2.93. The molecule has 1 aromatic carbocycles. The SMILES string of the molecule is CSc1cc(C)ccc1CNC(=O)C1CC(O)CN1.Cl. The predicted octanol–water partition coefficient (Wildman–Crippen LogP) is 1.48. The molecule has 0 aliphatic carbocycles. The van der Waals surface area contributed by atoms with Gasteiger partial charge in [-0.3, -0.25) is 4.79 Å². The van der Waals surface area contributed by atoms with E-state index in [1.807, 2.05) is 6.26 Å². The van der Waals surface area contributed by atoms with Crippen molar-refractivity contribution in [3.05, 3.63) is 29.3 Å². The van der Waals surface area contributed by atoms with Gasteiger partial charge in [-0.15, -0.1) is 24.2 Å². The van der Waals surface area contributed by atoms with Gasteiger partial charge in [-0.1, -0.05) is 12.1 Å². The van der Waals surface area contributed by atoms with Gasteiger partial charge in [0, 0.05) is 18.0 Å². The molecular weight excluding hydrogens is 296 g/mol. The van der Waals surface area contributed by atoms with E-state index in [9.17, 15) is 9.90 Å². The average molecular weight is 317 g/mol. The number of rotatable bonds is 4. The first-order valence-corrected chi connectivity index (χ1v) is 7.65. The normalized spacial score (nSPS) is 21.4. The highest BCUT2D eigenvalue weighted by Gasteiger charge is 2.27. The molecule has 6 heteroatoms. The van der Waals surface area contributed by atoms with E-state index in [4.69, 9.17) is 0 Å². The third-order valence-electron chi connectivity index (χ3n) is 3.32. The monoisotopic (exact) mass is 316 g/mol. The van der Waals surface area contributed by atoms with Gasteiger partial charge in [0.05, 0.1) is 12.1 Å². The molecule has 0 aromatic heterocycles. The van der Waals surface area contributed by atoms with E-state index in [1.54, 1.807) is 11.8 Å². The number of amides is 1. The number of carbonyl (C=O) groups is 1. The van der Waals surface area contributed by atoms with Crippen LogP contribution in [-0.2, 0) is 11.3 Å². The molecular formula is C14H21ClN2O2S. The van der Waals surface area contributed by atoms with Crippen molar-refractivity contribution in [3.8, 4) is 0 Å². The Morgan fingerprint density at radius 2 is 2.30 bits per heavy atom. The third kappa shape index (κ3) is 4.38. The van der Waals surface area contributed by atoms with Gasteiger partial charge in [0.1, 0.15) is 0 Å². The van der Waals surface area contributed by atoms with Gasteiger partial charge >= 0.3 is 0 Å². The van der Waals surface area contributed by atoms with Crippen LogP contribution >= 0.6 is 24.2 Å². The fourth-order valence-electron chi connectivity index (χ4n) is 2.22. The van der Waals surface area contributed by atoms with Gasteiger partial charge in [-0.25, -0.2) is 0 Å². The van der Waals surface area contributed by atoms with Gasteiger partial charge in [-0.05, 0) is 36.8 Å². The second-order valence-electron chi connectivity index (χ2n) is 4.88. The highest BCUT2D eigenvalue weighted by atomic mass is 35.5. The van der Waals surface area contributed by atoms with Crippen LogP contribution in [0, 0.1) is 6.92 Å². The van der Waals surface area contributed by atoms with Crippen molar-refractivity contribution in [1.82, 2.24) is 10.6 Å². The van der Waals surface area contributed by atoms with Crippen LogP contribution in [0.5, 0.6) is 0 Å². The Balaban J connectivity index is 0.00000200. The first-order valence-electron chi connectivity index (χ1n) is 6.43. The van der Waals surface area contributed by atoms with Crippen LogP contribution in [0.3, 0.4) is 0 Å². The molecule has 1 aliphatic rings. The van der Waals surface area contributed by atoms with Gasteiger partial charge in [0.2, 0.25) is 5.91 Å². The fraction of sp³-hybridized carbons (Fsp3) is 0.500. The van der Waals surface area contributed by atoms with Crippen LogP contribution in [0.2, 0.25) is 0 Å². The van der Waals surface area contributed by atoms with Gasteiger partial charge in [0.25, 0.3) is 0 Å². The number of thioether (sulfide) groups is 1. The van der Waals surface area contributed by atoms with Crippen LogP contribution in [-0.4, -0.2) is 36.0 Å². The molecule has 0 radical (unpaired) electrons. The van der Waals surface area contributed by atoms with Crippen molar-refractivity contribution >= 4 is 30.1 Å². The predicted molar refractivity (Wildman–Crippen MR) is 84.5 cm³/mol. The molecule has 1 aromatic rings. The first kappa shape index (κ1) is 17.3. The number of carbonyl (C=O) groups excluding carboxylic acids is 1. The molecule has 1 fully saturated rings. The highest BCUT2D eigenvalue weighted by molar-refractivity contribution is 7.98. The topological polar surface area (TPSA) is 61.4 Å². The summed E-state index contributed by atoms with van der Waals surface area (Å²) in [6.45, 7) is 3.09. The molecule has 20 heavy (non-hydrogen) atoms. The minimum absolute atomic E-state index is 0. The lowest BCUT2D eigenvalue weighted by Crippen LogP contribution is -2.40. The molecule has 0 spiro atoms. The Labute approximate surface area is 130 Å². The minimum Gasteiger partial charge on any atom is -0.392 e. The van der Waals surface area contributed by atoms with Crippen molar-refractivity contribution in [2.75, 3.05) is 12.8 Å². The molecule has 0 saturated carbocycles. The summed E-state index contributed by atoms with van der Waals surface area (Å²) in [6.07, 6.45) is 2.13. The number of aryl methyl sites for hydroxylation is 1. The Hall–Kier alpha value is -0.750.